The van der Waals surface area contributed by atoms with E-state index in [0.717, 1.165) is 20.1 Å². The summed E-state index contributed by atoms with van der Waals surface area (Å²) < 4.78 is 119. The third-order valence-electron chi connectivity index (χ3n) is 2.58. The minimum absolute atomic E-state index is 0.492. The Morgan fingerprint density at radius 1 is 0.762 bits per heavy atom. The fraction of sp³-hybridized carbons (Fsp3) is 1.00. The predicted molar refractivity (Wildman–Crippen MR) is 66.4 cm³/mol. The summed E-state index contributed by atoms with van der Waals surface area (Å²) in [5.74, 6) is -0.984. The van der Waals surface area contributed by atoms with E-state index in [1.165, 1.54) is 0 Å². The molecule has 0 aromatic heterocycles. The monoisotopic (exact) mass is 385 g/mol. The van der Waals surface area contributed by atoms with E-state index in [0.29, 0.717) is 0 Å². The van der Waals surface area contributed by atoms with Crippen molar-refractivity contribution in [2.45, 2.75) is 24.9 Å². The Labute approximate surface area is 119 Å². The average molecular weight is 385 g/mol. The van der Waals surface area contributed by atoms with E-state index in [1.807, 2.05) is 0 Å². The molecule has 0 amide bonds. The average Bonchev–Trinajstić information content (AvgIpc) is 2.25. The fourth-order valence-electron chi connectivity index (χ4n) is 1.19. The first-order chi connectivity index (χ1) is 8.99. The molecule has 0 heterocycles. The van der Waals surface area contributed by atoms with E-state index >= 15 is 0 Å². The van der Waals surface area contributed by atoms with Gasteiger partial charge in [-0.3, -0.25) is 0 Å². The van der Waals surface area contributed by atoms with Crippen molar-refractivity contribution in [2.75, 3.05) is 17.8 Å². The van der Waals surface area contributed by atoms with E-state index in [-0.39, 0.29) is 0 Å². The summed E-state index contributed by atoms with van der Waals surface area (Å²) in [6.07, 6.45) is 0.777. The minimum Gasteiger partial charge on any atom is -0.201 e. The molecule has 0 aliphatic rings. The van der Waals surface area contributed by atoms with E-state index in [2.05, 4.69) is 0 Å². The molecule has 0 saturated heterocycles. The maximum absolute atomic E-state index is 12.6. The van der Waals surface area contributed by atoms with Crippen LogP contribution in [0.1, 0.15) is 13.8 Å². The van der Waals surface area contributed by atoms with Gasteiger partial charge in [0.05, 0.1) is 0 Å². The molecule has 21 heavy (non-hydrogen) atoms. The summed E-state index contributed by atoms with van der Waals surface area (Å²) in [7, 11) is -16.8. The number of alkyl halides is 6. The Bertz CT molecular complexity index is 530. The topological polar surface area (TPSA) is 71.5 Å². The molecule has 0 saturated carbocycles. The van der Waals surface area contributed by atoms with Crippen LogP contribution in [0.2, 0.25) is 0 Å². The number of halogens is 6. The smallest absolute Gasteiger partial charge is 0.201 e. The zero-order valence-corrected chi connectivity index (χ0v) is 13.4. The van der Waals surface area contributed by atoms with Crippen LogP contribution in [0.25, 0.3) is 0 Å². The van der Waals surface area contributed by atoms with Gasteiger partial charge in [-0.15, -0.1) is 0 Å². The van der Waals surface area contributed by atoms with Gasteiger partial charge in [-0.05, 0) is 20.9 Å². The quantitative estimate of drug-likeness (QED) is 0.682. The molecular formula is C7H13F6NO4S3. The summed E-state index contributed by atoms with van der Waals surface area (Å²) in [6, 6.07) is 0. The molecule has 0 N–H and O–H groups in total. The van der Waals surface area contributed by atoms with Gasteiger partial charge in [-0.25, -0.2) is 16.8 Å². The largest absolute Gasteiger partial charge is 0.513 e. The Morgan fingerprint density at radius 2 is 1.00 bits per heavy atom. The normalized spacial score (nSPS) is 16.3. The van der Waals surface area contributed by atoms with E-state index in [9.17, 15) is 43.2 Å². The van der Waals surface area contributed by atoms with Gasteiger partial charge >= 0.3 is 31.1 Å². The molecule has 5 nitrogen and oxygen atoms in total. The zero-order chi connectivity index (χ0) is 17.5. The van der Waals surface area contributed by atoms with Gasteiger partial charge in [-0.1, -0.05) is 13.8 Å². The second kappa shape index (κ2) is 5.77. The lowest BCUT2D eigenvalue weighted by molar-refractivity contribution is -0.0505. The lowest BCUT2D eigenvalue weighted by atomic mass is 11.0. The first-order valence-electron chi connectivity index (χ1n) is 5.16. The van der Waals surface area contributed by atoms with Gasteiger partial charge in [0, 0.05) is 0 Å². The summed E-state index contributed by atoms with van der Waals surface area (Å²) in [6.45, 7) is 2.23. The molecule has 0 rings (SSSR count). The van der Waals surface area contributed by atoms with Crippen LogP contribution in [0.5, 0.6) is 0 Å². The van der Waals surface area contributed by atoms with E-state index in [1.54, 1.807) is 0 Å². The zero-order valence-electron chi connectivity index (χ0n) is 11.0. The number of rotatable bonds is 5. The van der Waals surface area contributed by atoms with Crippen molar-refractivity contribution in [3.05, 3.63) is 0 Å². The Balaban J connectivity index is 6.64. The Hall–Kier alpha value is -0.210. The second-order valence-electron chi connectivity index (χ2n) is 3.86. The Kier molecular flexibility index (Phi) is 5.72. The summed E-state index contributed by atoms with van der Waals surface area (Å²) in [5, 5.41) is 0. The predicted octanol–water partition coefficient (Wildman–Crippen LogP) is 2.38. The highest BCUT2D eigenvalue weighted by molar-refractivity contribution is 8.40. The van der Waals surface area contributed by atoms with Gasteiger partial charge in [-0.2, -0.15) is 36.6 Å². The summed E-state index contributed by atoms with van der Waals surface area (Å²) in [5.41, 5.74) is -12.3. The highest BCUT2D eigenvalue weighted by atomic mass is 32.4. The molecule has 14 heteroatoms. The van der Waals surface area contributed by atoms with Crippen molar-refractivity contribution in [1.82, 2.24) is 3.12 Å². The first kappa shape index (κ1) is 20.8. The lowest BCUT2D eigenvalue weighted by Gasteiger charge is -2.42. The molecule has 130 valence electrons. The molecular weight excluding hydrogens is 372 g/mol. The van der Waals surface area contributed by atoms with Crippen molar-refractivity contribution in [3.63, 3.8) is 0 Å². The van der Waals surface area contributed by atoms with Crippen LogP contribution < -0.4 is 0 Å². The number of hydrogen-bond acceptors (Lipinski definition) is 4. The van der Waals surface area contributed by atoms with Crippen LogP contribution in [0.15, 0.2) is 0 Å². The molecule has 0 aliphatic carbocycles. The second-order valence-corrected chi connectivity index (χ2v) is 12.1. The first-order valence-corrected chi connectivity index (χ1v) is 10.4. The van der Waals surface area contributed by atoms with Crippen molar-refractivity contribution < 1.29 is 43.2 Å². The number of sulfonamides is 2. The third kappa shape index (κ3) is 3.59. The lowest BCUT2D eigenvalue weighted by Crippen LogP contribution is -2.50. The van der Waals surface area contributed by atoms with Crippen molar-refractivity contribution in [1.29, 1.82) is 0 Å². The Morgan fingerprint density at radius 3 is 1.14 bits per heavy atom. The summed E-state index contributed by atoms with van der Waals surface area (Å²) >= 11 is 0. The van der Waals surface area contributed by atoms with Gasteiger partial charge in [0.2, 0.25) is 0 Å². The van der Waals surface area contributed by atoms with Crippen LogP contribution in [0.3, 0.4) is 0 Å². The molecule has 0 fully saturated rings. The molecule has 0 bridgehead atoms. The number of hydrogen-bond donors (Lipinski definition) is 0. The molecule has 0 atom stereocenters. The summed E-state index contributed by atoms with van der Waals surface area (Å²) in [4.78, 5) is 0. The van der Waals surface area contributed by atoms with Crippen molar-refractivity contribution >= 4 is 30.3 Å². The van der Waals surface area contributed by atoms with E-state index in [4.69, 9.17) is 0 Å². The van der Waals surface area contributed by atoms with Crippen LogP contribution in [0.4, 0.5) is 26.3 Å². The van der Waals surface area contributed by atoms with Gasteiger partial charge in [0.25, 0.3) is 0 Å². The number of nitrogens with zero attached hydrogens (tertiary/aromatic N) is 1. The van der Waals surface area contributed by atoms with Gasteiger partial charge in [0.15, 0.2) is 0 Å². The maximum Gasteiger partial charge on any atom is 0.513 e. The van der Waals surface area contributed by atoms with Crippen molar-refractivity contribution in [2.24, 2.45) is 0 Å². The van der Waals surface area contributed by atoms with Crippen molar-refractivity contribution in [3.8, 4) is 0 Å². The van der Waals surface area contributed by atoms with Crippen LogP contribution in [-0.4, -0.2) is 48.7 Å². The molecule has 0 radical (unpaired) electrons. The molecule has 0 aromatic rings. The molecule has 0 spiro atoms. The highest BCUT2D eigenvalue weighted by Gasteiger charge is 2.64. The maximum atomic E-state index is 12.6. The highest BCUT2D eigenvalue weighted by Crippen LogP contribution is 2.55. The van der Waals surface area contributed by atoms with E-state index < -0.39 is 55.9 Å². The van der Waals surface area contributed by atoms with Gasteiger partial charge in [0.1, 0.15) is 0 Å². The SMILES string of the molecule is CCS(C)(CC)N(S(=O)(=O)C(F)(F)F)S(=O)(=O)C(F)(F)F. The fourth-order valence-corrected chi connectivity index (χ4v) is 9.46. The standard InChI is InChI=1S/C7H13F6NO4S3/c1-4-19(3,5-2)14(20(15,16)6(8,9)10)21(17,18)7(11,12)13/h4-5H2,1-3H3. The molecule has 0 unspecified atom stereocenters. The van der Waals surface area contributed by atoms with Crippen LogP contribution in [0, 0.1) is 0 Å². The molecule has 0 aliphatic heterocycles. The van der Waals surface area contributed by atoms with Crippen LogP contribution in [-0.2, 0) is 20.0 Å². The third-order valence-corrected chi connectivity index (χ3v) is 12.3. The molecule has 0 aromatic carbocycles. The minimum atomic E-state index is -6.70. The van der Waals surface area contributed by atoms with Gasteiger partial charge < -0.3 is 0 Å². The van der Waals surface area contributed by atoms with Crippen LogP contribution >= 0.6 is 10.2 Å².